The third-order valence-electron chi connectivity index (χ3n) is 1.48. The number of terminal acetylenes is 1. The summed E-state index contributed by atoms with van der Waals surface area (Å²) in [5.74, 6) is 2.64. The summed E-state index contributed by atoms with van der Waals surface area (Å²) < 4.78 is 4.85. The summed E-state index contributed by atoms with van der Waals surface area (Å²) in [5.41, 5.74) is 0.537. The van der Waals surface area contributed by atoms with Gasteiger partial charge in [-0.1, -0.05) is 5.92 Å². The van der Waals surface area contributed by atoms with Gasteiger partial charge in [-0.15, -0.1) is 6.42 Å². The van der Waals surface area contributed by atoms with Crippen molar-refractivity contribution >= 4 is 11.6 Å². The number of nitrogens with one attached hydrogen (secondary N) is 1. The first-order chi connectivity index (χ1) is 7.22. The molecule has 0 radical (unpaired) electrons. The standard InChI is InChI=1S/C10H11N3O2/c1-3-4-15-7-10(14)13-9-5-11-8(2)12-6-9/h1,5-6H,4,7H2,2H3,(H,13,14). The lowest BCUT2D eigenvalue weighted by molar-refractivity contribution is -0.120. The molecular formula is C10H11N3O2. The molecule has 0 aliphatic carbocycles. The van der Waals surface area contributed by atoms with Gasteiger partial charge in [0.1, 0.15) is 19.0 Å². The molecule has 0 aliphatic heterocycles. The summed E-state index contributed by atoms with van der Waals surface area (Å²) >= 11 is 0. The molecule has 0 fully saturated rings. The number of carbonyl (C=O) groups excluding carboxylic acids is 1. The minimum Gasteiger partial charge on any atom is -0.359 e. The van der Waals surface area contributed by atoms with E-state index in [-0.39, 0.29) is 19.1 Å². The average molecular weight is 205 g/mol. The Hall–Kier alpha value is -1.93. The van der Waals surface area contributed by atoms with Crippen molar-refractivity contribution in [2.75, 3.05) is 18.5 Å². The Morgan fingerprint density at radius 3 is 2.87 bits per heavy atom. The van der Waals surface area contributed by atoms with Crippen molar-refractivity contribution in [3.05, 3.63) is 18.2 Å². The SMILES string of the molecule is C#CCOCC(=O)Nc1cnc(C)nc1. The number of aromatic nitrogens is 2. The Balaban J connectivity index is 2.38. The maximum atomic E-state index is 11.2. The average Bonchev–Trinajstić information content (AvgIpc) is 2.22. The Morgan fingerprint density at radius 2 is 2.27 bits per heavy atom. The monoisotopic (exact) mass is 205 g/mol. The molecule has 1 heterocycles. The summed E-state index contributed by atoms with van der Waals surface area (Å²) in [6.07, 6.45) is 8.02. The van der Waals surface area contributed by atoms with Crippen molar-refractivity contribution in [3.8, 4) is 12.3 Å². The number of amides is 1. The molecule has 0 aliphatic rings. The molecule has 1 aromatic rings. The normalized spacial score (nSPS) is 9.33. The first-order valence-corrected chi connectivity index (χ1v) is 4.32. The van der Waals surface area contributed by atoms with Crippen molar-refractivity contribution in [3.63, 3.8) is 0 Å². The smallest absolute Gasteiger partial charge is 0.250 e. The molecule has 0 saturated carbocycles. The minimum absolute atomic E-state index is 0.0714. The van der Waals surface area contributed by atoms with Crippen LogP contribution in [0.25, 0.3) is 0 Å². The summed E-state index contributed by atoms with van der Waals surface area (Å²) in [4.78, 5) is 19.1. The van der Waals surface area contributed by atoms with Crippen molar-refractivity contribution in [1.29, 1.82) is 0 Å². The van der Waals surface area contributed by atoms with Gasteiger partial charge in [-0.3, -0.25) is 4.79 Å². The largest absolute Gasteiger partial charge is 0.359 e. The van der Waals surface area contributed by atoms with E-state index >= 15 is 0 Å². The first-order valence-electron chi connectivity index (χ1n) is 4.32. The molecule has 0 atom stereocenters. The van der Waals surface area contributed by atoms with E-state index in [4.69, 9.17) is 11.2 Å². The lowest BCUT2D eigenvalue weighted by atomic mass is 10.5. The number of nitrogens with zero attached hydrogens (tertiary/aromatic N) is 2. The zero-order valence-electron chi connectivity index (χ0n) is 8.36. The number of carbonyl (C=O) groups is 1. The van der Waals surface area contributed by atoms with Gasteiger partial charge < -0.3 is 10.1 Å². The van der Waals surface area contributed by atoms with Crippen LogP contribution in [0.4, 0.5) is 5.69 Å². The Kier molecular flexibility index (Phi) is 4.26. The van der Waals surface area contributed by atoms with E-state index in [0.29, 0.717) is 11.5 Å². The second-order valence-electron chi connectivity index (χ2n) is 2.76. The molecule has 0 spiro atoms. The number of hydrogen-bond acceptors (Lipinski definition) is 4. The summed E-state index contributed by atoms with van der Waals surface area (Å²) in [7, 11) is 0. The van der Waals surface area contributed by atoms with Crippen LogP contribution in [0.5, 0.6) is 0 Å². The highest BCUT2D eigenvalue weighted by Gasteiger charge is 2.02. The van der Waals surface area contributed by atoms with Gasteiger partial charge >= 0.3 is 0 Å². The van der Waals surface area contributed by atoms with E-state index in [1.54, 1.807) is 6.92 Å². The fraction of sp³-hybridized carbons (Fsp3) is 0.300. The summed E-state index contributed by atoms with van der Waals surface area (Å²) in [5, 5.41) is 2.57. The lowest BCUT2D eigenvalue weighted by Gasteiger charge is -2.03. The van der Waals surface area contributed by atoms with Crippen LogP contribution in [0.1, 0.15) is 5.82 Å². The zero-order chi connectivity index (χ0) is 11.1. The predicted molar refractivity (Wildman–Crippen MR) is 55.1 cm³/mol. The van der Waals surface area contributed by atoms with Crippen molar-refractivity contribution in [1.82, 2.24) is 9.97 Å². The zero-order valence-corrected chi connectivity index (χ0v) is 8.36. The van der Waals surface area contributed by atoms with Crippen LogP contribution in [-0.4, -0.2) is 29.1 Å². The molecule has 78 valence electrons. The van der Waals surface area contributed by atoms with Crippen LogP contribution in [0.3, 0.4) is 0 Å². The topological polar surface area (TPSA) is 64.1 Å². The maximum absolute atomic E-state index is 11.2. The van der Waals surface area contributed by atoms with Crippen LogP contribution in [-0.2, 0) is 9.53 Å². The molecule has 1 rings (SSSR count). The van der Waals surface area contributed by atoms with E-state index in [9.17, 15) is 4.79 Å². The fourth-order valence-electron chi connectivity index (χ4n) is 0.857. The van der Waals surface area contributed by atoms with Crippen LogP contribution < -0.4 is 5.32 Å². The molecule has 0 unspecified atom stereocenters. The molecule has 1 N–H and O–H groups in total. The van der Waals surface area contributed by atoms with Crippen LogP contribution in [0.2, 0.25) is 0 Å². The van der Waals surface area contributed by atoms with Gasteiger partial charge in [0.15, 0.2) is 0 Å². The molecule has 1 amide bonds. The van der Waals surface area contributed by atoms with E-state index in [1.807, 2.05) is 0 Å². The van der Waals surface area contributed by atoms with E-state index in [0.717, 1.165) is 0 Å². The van der Waals surface area contributed by atoms with Gasteiger partial charge in [0.2, 0.25) is 0 Å². The van der Waals surface area contributed by atoms with Crippen LogP contribution in [0.15, 0.2) is 12.4 Å². The molecule has 5 heteroatoms. The van der Waals surface area contributed by atoms with Crippen molar-refractivity contribution in [2.24, 2.45) is 0 Å². The molecule has 0 bridgehead atoms. The summed E-state index contributed by atoms with van der Waals surface area (Å²) in [6.45, 7) is 1.82. The number of hydrogen-bond donors (Lipinski definition) is 1. The highest BCUT2D eigenvalue weighted by molar-refractivity contribution is 5.91. The van der Waals surface area contributed by atoms with Gasteiger partial charge in [0, 0.05) is 0 Å². The van der Waals surface area contributed by atoms with E-state index in [1.165, 1.54) is 12.4 Å². The first kappa shape index (κ1) is 11.1. The summed E-state index contributed by atoms with van der Waals surface area (Å²) in [6, 6.07) is 0. The maximum Gasteiger partial charge on any atom is 0.250 e. The van der Waals surface area contributed by atoms with Crippen LogP contribution >= 0.6 is 0 Å². The van der Waals surface area contributed by atoms with Crippen LogP contribution in [0, 0.1) is 19.3 Å². The lowest BCUT2D eigenvalue weighted by Crippen LogP contribution is -2.18. The third kappa shape index (κ3) is 4.20. The highest BCUT2D eigenvalue weighted by atomic mass is 16.5. The molecule has 15 heavy (non-hydrogen) atoms. The molecular weight excluding hydrogens is 194 g/mol. The number of ether oxygens (including phenoxy) is 1. The predicted octanol–water partition coefficient (Wildman–Crippen LogP) is 0.373. The second kappa shape index (κ2) is 5.73. The van der Waals surface area contributed by atoms with Gasteiger partial charge in [-0.2, -0.15) is 0 Å². The minimum atomic E-state index is -0.280. The van der Waals surface area contributed by atoms with Gasteiger partial charge in [-0.05, 0) is 6.92 Å². The Labute approximate surface area is 87.9 Å². The quantitative estimate of drug-likeness (QED) is 0.570. The van der Waals surface area contributed by atoms with E-state index in [2.05, 4.69) is 21.2 Å². The number of rotatable bonds is 4. The Morgan fingerprint density at radius 1 is 1.60 bits per heavy atom. The van der Waals surface area contributed by atoms with Gasteiger partial charge in [0.25, 0.3) is 5.91 Å². The van der Waals surface area contributed by atoms with Crippen molar-refractivity contribution in [2.45, 2.75) is 6.92 Å². The number of aryl methyl sites for hydroxylation is 1. The second-order valence-corrected chi connectivity index (χ2v) is 2.76. The fourth-order valence-corrected chi connectivity index (χ4v) is 0.857. The number of anilines is 1. The molecule has 0 saturated heterocycles. The van der Waals surface area contributed by atoms with Gasteiger partial charge in [0.05, 0.1) is 18.1 Å². The van der Waals surface area contributed by atoms with Crippen molar-refractivity contribution < 1.29 is 9.53 Å². The highest BCUT2D eigenvalue weighted by Crippen LogP contribution is 2.01. The molecule has 5 nitrogen and oxygen atoms in total. The molecule has 0 aromatic carbocycles. The Bertz CT molecular complexity index is 367. The van der Waals surface area contributed by atoms with Gasteiger partial charge in [-0.25, -0.2) is 9.97 Å². The molecule has 1 aromatic heterocycles. The van der Waals surface area contributed by atoms with E-state index < -0.39 is 0 Å². The third-order valence-corrected chi connectivity index (χ3v) is 1.48.